The molecule has 1 aromatic carbocycles. The van der Waals surface area contributed by atoms with Crippen molar-refractivity contribution in [1.29, 1.82) is 0 Å². The summed E-state index contributed by atoms with van der Waals surface area (Å²) in [5, 5.41) is 6.66. The topological polar surface area (TPSA) is 62.7 Å². The number of nitrogens with one attached hydrogen (secondary N) is 2. The summed E-state index contributed by atoms with van der Waals surface area (Å²) in [4.78, 5) is 13.0. The summed E-state index contributed by atoms with van der Waals surface area (Å²) < 4.78 is 0. The lowest BCUT2D eigenvalue weighted by Gasteiger charge is -2.10. The summed E-state index contributed by atoms with van der Waals surface area (Å²) in [6.45, 7) is 3.54. The Morgan fingerprint density at radius 3 is 2.48 bits per heavy atom. The first-order chi connectivity index (χ1) is 12.3. The van der Waals surface area contributed by atoms with E-state index in [-0.39, 0.29) is 0 Å². The smallest absolute Gasteiger partial charge is 0.224 e. The fraction of sp³-hybridized carbons (Fsp3) is 0.250. The van der Waals surface area contributed by atoms with Crippen molar-refractivity contribution in [3.8, 4) is 0 Å². The first-order valence-electron chi connectivity index (χ1n) is 8.56. The molecular formula is C20H23N5. The van der Waals surface area contributed by atoms with Crippen LogP contribution in [0.1, 0.15) is 23.2 Å². The Labute approximate surface area is 148 Å². The molecule has 2 N–H and O–H groups in total. The Kier molecular flexibility index (Phi) is 5.93. The van der Waals surface area contributed by atoms with Crippen molar-refractivity contribution in [3.05, 3.63) is 77.7 Å². The second kappa shape index (κ2) is 8.78. The van der Waals surface area contributed by atoms with Crippen LogP contribution in [0.15, 0.2) is 60.9 Å². The molecule has 0 fully saturated rings. The Morgan fingerprint density at radius 2 is 1.68 bits per heavy atom. The van der Waals surface area contributed by atoms with Crippen LogP contribution in [0.3, 0.4) is 0 Å². The number of nitrogens with zero attached hydrogens (tertiary/aromatic N) is 3. The molecule has 3 aromatic rings. The maximum atomic E-state index is 4.54. The first kappa shape index (κ1) is 16.9. The average molecular weight is 333 g/mol. The monoisotopic (exact) mass is 333 g/mol. The van der Waals surface area contributed by atoms with Gasteiger partial charge in [0, 0.05) is 37.2 Å². The lowest BCUT2D eigenvalue weighted by molar-refractivity contribution is 0.851. The van der Waals surface area contributed by atoms with Crippen LogP contribution in [0, 0.1) is 6.92 Å². The maximum absolute atomic E-state index is 4.54. The lowest BCUT2D eigenvalue weighted by atomic mass is 10.1. The number of aryl methyl sites for hydroxylation is 2. The molecule has 0 atom stereocenters. The van der Waals surface area contributed by atoms with Crippen molar-refractivity contribution < 1.29 is 0 Å². The zero-order valence-electron chi connectivity index (χ0n) is 14.4. The van der Waals surface area contributed by atoms with Crippen molar-refractivity contribution in [3.63, 3.8) is 0 Å². The molecule has 25 heavy (non-hydrogen) atoms. The van der Waals surface area contributed by atoms with Crippen LogP contribution in [0.5, 0.6) is 0 Å². The first-order valence-corrected chi connectivity index (χ1v) is 8.56. The third-order valence-corrected chi connectivity index (χ3v) is 3.85. The molecule has 0 aliphatic rings. The minimum atomic E-state index is 0.672. The summed E-state index contributed by atoms with van der Waals surface area (Å²) in [5.74, 6) is 1.50. The molecule has 128 valence electrons. The summed E-state index contributed by atoms with van der Waals surface area (Å²) in [7, 11) is 0. The number of hydrogen-bond donors (Lipinski definition) is 2. The minimum absolute atomic E-state index is 0.672. The molecule has 5 heteroatoms. The van der Waals surface area contributed by atoms with E-state index < -0.39 is 0 Å². The van der Waals surface area contributed by atoms with Gasteiger partial charge in [0.1, 0.15) is 5.82 Å². The highest BCUT2D eigenvalue weighted by molar-refractivity contribution is 5.42. The number of pyridine rings is 1. The van der Waals surface area contributed by atoms with E-state index in [1.54, 1.807) is 12.4 Å². The van der Waals surface area contributed by atoms with Gasteiger partial charge in [-0.25, -0.2) is 4.98 Å². The standard InChI is InChI=1S/C20H23N5/c1-16-14-19(23-15-18-9-12-21-13-10-18)25-20(24-16)22-11-5-8-17-6-3-2-4-7-17/h2-4,6-7,9-10,12-14H,5,8,11,15H2,1H3,(H2,22,23,24,25). The highest BCUT2D eigenvalue weighted by atomic mass is 15.1. The van der Waals surface area contributed by atoms with Crippen molar-refractivity contribution >= 4 is 11.8 Å². The molecule has 5 nitrogen and oxygen atoms in total. The van der Waals surface area contributed by atoms with E-state index in [0.717, 1.165) is 30.9 Å². The molecule has 0 saturated carbocycles. The van der Waals surface area contributed by atoms with Crippen LogP contribution < -0.4 is 10.6 Å². The highest BCUT2D eigenvalue weighted by Crippen LogP contribution is 2.11. The van der Waals surface area contributed by atoms with Crippen LogP contribution in [-0.2, 0) is 13.0 Å². The van der Waals surface area contributed by atoms with Gasteiger partial charge in [-0.1, -0.05) is 30.3 Å². The van der Waals surface area contributed by atoms with Gasteiger partial charge in [0.2, 0.25) is 5.95 Å². The Balaban J connectivity index is 1.50. The van der Waals surface area contributed by atoms with Crippen molar-refractivity contribution in [2.75, 3.05) is 17.2 Å². The van der Waals surface area contributed by atoms with Gasteiger partial charge in [0.05, 0.1) is 0 Å². The van der Waals surface area contributed by atoms with Crippen LogP contribution in [-0.4, -0.2) is 21.5 Å². The Morgan fingerprint density at radius 1 is 0.880 bits per heavy atom. The molecule has 3 rings (SSSR count). The number of rotatable bonds is 8. The van der Waals surface area contributed by atoms with Gasteiger partial charge in [0.15, 0.2) is 0 Å². The third-order valence-electron chi connectivity index (χ3n) is 3.85. The number of aromatic nitrogens is 3. The Hall–Kier alpha value is -2.95. The third kappa shape index (κ3) is 5.57. The Bertz CT molecular complexity index is 775. The predicted molar refractivity (Wildman–Crippen MR) is 102 cm³/mol. The molecule has 0 saturated heterocycles. The zero-order chi connectivity index (χ0) is 17.3. The fourth-order valence-corrected chi connectivity index (χ4v) is 2.57. The van der Waals surface area contributed by atoms with Gasteiger partial charge in [-0.3, -0.25) is 4.98 Å². The van der Waals surface area contributed by atoms with Gasteiger partial charge in [-0.05, 0) is 43.0 Å². The lowest BCUT2D eigenvalue weighted by Crippen LogP contribution is -2.09. The van der Waals surface area contributed by atoms with E-state index in [1.807, 2.05) is 31.2 Å². The van der Waals surface area contributed by atoms with Gasteiger partial charge in [-0.2, -0.15) is 4.98 Å². The minimum Gasteiger partial charge on any atom is -0.366 e. The van der Waals surface area contributed by atoms with E-state index in [0.29, 0.717) is 12.5 Å². The largest absolute Gasteiger partial charge is 0.366 e. The molecule has 0 aliphatic heterocycles. The number of benzene rings is 1. The highest BCUT2D eigenvalue weighted by Gasteiger charge is 2.02. The molecule has 0 unspecified atom stereocenters. The fourth-order valence-electron chi connectivity index (χ4n) is 2.57. The average Bonchev–Trinajstić information content (AvgIpc) is 2.65. The van der Waals surface area contributed by atoms with Crippen LogP contribution in [0.4, 0.5) is 11.8 Å². The molecule has 0 radical (unpaired) electrons. The summed E-state index contributed by atoms with van der Waals surface area (Å²) in [6, 6.07) is 16.4. The number of anilines is 2. The van der Waals surface area contributed by atoms with Gasteiger partial charge in [0.25, 0.3) is 0 Å². The van der Waals surface area contributed by atoms with Gasteiger partial charge >= 0.3 is 0 Å². The second-order valence-corrected chi connectivity index (χ2v) is 5.94. The van der Waals surface area contributed by atoms with Crippen LogP contribution in [0.2, 0.25) is 0 Å². The van der Waals surface area contributed by atoms with Crippen molar-refractivity contribution in [2.45, 2.75) is 26.3 Å². The second-order valence-electron chi connectivity index (χ2n) is 5.94. The molecule has 0 bridgehead atoms. The van der Waals surface area contributed by atoms with Crippen molar-refractivity contribution in [2.24, 2.45) is 0 Å². The summed E-state index contributed by atoms with van der Waals surface area (Å²) in [6.07, 6.45) is 5.68. The summed E-state index contributed by atoms with van der Waals surface area (Å²) >= 11 is 0. The van der Waals surface area contributed by atoms with Gasteiger partial charge < -0.3 is 10.6 Å². The predicted octanol–water partition coefficient (Wildman–Crippen LogP) is 3.84. The van der Waals surface area contributed by atoms with E-state index in [4.69, 9.17) is 0 Å². The van der Waals surface area contributed by atoms with Crippen LogP contribution >= 0.6 is 0 Å². The zero-order valence-corrected chi connectivity index (χ0v) is 14.4. The van der Waals surface area contributed by atoms with E-state index in [2.05, 4.69) is 49.9 Å². The van der Waals surface area contributed by atoms with Crippen LogP contribution in [0.25, 0.3) is 0 Å². The quantitative estimate of drug-likeness (QED) is 0.613. The maximum Gasteiger partial charge on any atom is 0.224 e. The molecular weight excluding hydrogens is 310 g/mol. The molecule has 0 amide bonds. The van der Waals surface area contributed by atoms with E-state index in [9.17, 15) is 0 Å². The molecule has 0 aliphatic carbocycles. The molecule has 2 aromatic heterocycles. The van der Waals surface area contributed by atoms with E-state index >= 15 is 0 Å². The number of hydrogen-bond acceptors (Lipinski definition) is 5. The summed E-state index contributed by atoms with van der Waals surface area (Å²) in [5.41, 5.74) is 3.47. The normalized spacial score (nSPS) is 10.4. The van der Waals surface area contributed by atoms with Gasteiger partial charge in [-0.15, -0.1) is 0 Å². The molecule has 2 heterocycles. The van der Waals surface area contributed by atoms with Crippen molar-refractivity contribution in [1.82, 2.24) is 15.0 Å². The van der Waals surface area contributed by atoms with E-state index in [1.165, 1.54) is 11.1 Å². The molecule has 0 spiro atoms. The SMILES string of the molecule is Cc1cc(NCc2ccncc2)nc(NCCCc2ccccc2)n1.